The van der Waals surface area contributed by atoms with Crippen LogP contribution in [-0.4, -0.2) is 17.6 Å². The van der Waals surface area contributed by atoms with Gasteiger partial charge in [0, 0.05) is 24.9 Å². The Morgan fingerprint density at radius 3 is 2.76 bits per heavy atom. The lowest BCUT2D eigenvalue weighted by atomic mass is 9.88. The smallest absolute Gasteiger partial charge is 0.195 e. The van der Waals surface area contributed by atoms with Gasteiger partial charge in [0.15, 0.2) is 5.89 Å². The summed E-state index contributed by atoms with van der Waals surface area (Å²) in [7, 11) is 0. The summed E-state index contributed by atoms with van der Waals surface area (Å²) in [5.41, 5.74) is 0. The highest BCUT2D eigenvalue weighted by atomic mass is 16.4. The molecule has 0 atom stereocenters. The lowest BCUT2D eigenvalue weighted by molar-refractivity contribution is 0.358. The molecule has 2 aliphatic carbocycles. The number of aromatic nitrogens is 1. The zero-order valence-electron chi connectivity index (χ0n) is 10.5. The Bertz CT molecular complexity index is 351. The summed E-state index contributed by atoms with van der Waals surface area (Å²) in [5, 5.41) is 3.49. The largest absolute Gasteiger partial charge is 0.445 e. The predicted octanol–water partition coefficient (Wildman–Crippen LogP) is 3.02. The van der Waals surface area contributed by atoms with Gasteiger partial charge in [0.05, 0.1) is 6.20 Å². The van der Waals surface area contributed by atoms with Gasteiger partial charge in [-0.1, -0.05) is 19.3 Å². The molecule has 0 amide bonds. The van der Waals surface area contributed by atoms with Crippen LogP contribution in [0.1, 0.15) is 62.5 Å². The van der Waals surface area contributed by atoms with E-state index in [1.54, 1.807) is 0 Å². The van der Waals surface area contributed by atoms with Gasteiger partial charge in [-0.3, -0.25) is 0 Å². The molecular formula is C14H22N2O. The third-order valence-electron chi connectivity index (χ3n) is 3.93. The molecule has 0 saturated heterocycles. The molecule has 1 aromatic heterocycles. The SMILES string of the molecule is c1nc(CCNC2CC2)oc1C1CCCCC1. The third kappa shape index (κ3) is 3.09. The van der Waals surface area contributed by atoms with Crippen molar-refractivity contribution in [3.63, 3.8) is 0 Å². The van der Waals surface area contributed by atoms with Crippen molar-refractivity contribution in [1.29, 1.82) is 0 Å². The van der Waals surface area contributed by atoms with E-state index in [1.165, 1.54) is 44.9 Å². The molecule has 0 bridgehead atoms. The quantitative estimate of drug-likeness (QED) is 0.851. The molecule has 0 spiro atoms. The lowest BCUT2D eigenvalue weighted by Gasteiger charge is -2.18. The van der Waals surface area contributed by atoms with Crippen LogP contribution >= 0.6 is 0 Å². The van der Waals surface area contributed by atoms with Gasteiger partial charge in [-0.2, -0.15) is 0 Å². The minimum atomic E-state index is 0.640. The van der Waals surface area contributed by atoms with E-state index in [1.807, 2.05) is 6.20 Å². The average Bonchev–Trinajstić information content (AvgIpc) is 3.07. The molecule has 1 N–H and O–H groups in total. The minimum absolute atomic E-state index is 0.640. The van der Waals surface area contributed by atoms with Crippen LogP contribution in [0.15, 0.2) is 10.6 Å². The topological polar surface area (TPSA) is 38.1 Å². The highest BCUT2D eigenvalue weighted by Gasteiger charge is 2.21. The second-order valence-corrected chi connectivity index (χ2v) is 5.47. The molecule has 0 radical (unpaired) electrons. The van der Waals surface area contributed by atoms with Crippen LogP contribution in [0.25, 0.3) is 0 Å². The lowest BCUT2D eigenvalue weighted by Crippen LogP contribution is -2.19. The van der Waals surface area contributed by atoms with Crippen molar-refractivity contribution in [3.8, 4) is 0 Å². The van der Waals surface area contributed by atoms with Crippen LogP contribution in [0, 0.1) is 0 Å². The number of nitrogens with zero attached hydrogens (tertiary/aromatic N) is 1. The van der Waals surface area contributed by atoms with Gasteiger partial charge >= 0.3 is 0 Å². The summed E-state index contributed by atoms with van der Waals surface area (Å²) in [5.74, 6) is 2.69. The van der Waals surface area contributed by atoms with Crippen molar-refractivity contribution in [2.24, 2.45) is 0 Å². The van der Waals surface area contributed by atoms with Crippen LogP contribution in [0.2, 0.25) is 0 Å². The summed E-state index contributed by atoms with van der Waals surface area (Å²) in [6.07, 6.45) is 12.3. The molecule has 0 unspecified atom stereocenters. The Kier molecular flexibility index (Phi) is 3.46. The molecule has 2 fully saturated rings. The normalized spacial score (nSPS) is 21.9. The van der Waals surface area contributed by atoms with Crippen LogP contribution in [0.5, 0.6) is 0 Å². The number of hydrogen-bond donors (Lipinski definition) is 1. The first kappa shape index (κ1) is 11.3. The molecule has 3 heteroatoms. The molecule has 17 heavy (non-hydrogen) atoms. The summed E-state index contributed by atoms with van der Waals surface area (Å²) < 4.78 is 5.87. The fraction of sp³-hybridized carbons (Fsp3) is 0.786. The molecule has 1 aromatic rings. The Morgan fingerprint density at radius 2 is 2.00 bits per heavy atom. The van der Waals surface area contributed by atoms with E-state index in [9.17, 15) is 0 Å². The van der Waals surface area contributed by atoms with E-state index in [4.69, 9.17) is 4.42 Å². The molecule has 3 rings (SSSR count). The summed E-state index contributed by atoms with van der Waals surface area (Å²) in [4.78, 5) is 4.40. The molecule has 1 heterocycles. The highest BCUT2D eigenvalue weighted by Crippen LogP contribution is 2.32. The second-order valence-electron chi connectivity index (χ2n) is 5.47. The Morgan fingerprint density at radius 1 is 1.18 bits per heavy atom. The Balaban J connectivity index is 1.49. The fourth-order valence-electron chi connectivity index (χ4n) is 2.69. The van der Waals surface area contributed by atoms with E-state index in [0.29, 0.717) is 5.92 Å². The second kappa shape index (κ2) is 5.21. The molecular weight excluding hydrogens is 212 g/mol. The van der Waals surface area contributed by atoms with Crippen molar-refractivity contribution in [3.05, 3.63) is 17.8 Å². The van der Waals surface area contributed by atoms with Gasteiger partial charge in [0.1, 0.15) is 5.76 Å². The number of oxazole rings is 1. The maximum atomic E-state index is 5.87. The monoisotopic (exact) mass is 234 g/mol. The van der Waals surface area contributed by atoms with Crippen LogP contribution in [0.3, 0.4) is 0 Å². The van der Waals surface area contributed by atoms with Gasteiger partial charge in [-0.05, 0) is 25.7 Å². The summed E-state index contributed by atoms with van der Waals surface area (Å²) >= 11 is 0. The van der Waals surface area contributed by atoms with Gasteiger partial charge in [-0.25, -0.2) is 4.98 Å². The van der Waals surface area contributed by atoms with Crippen molar-refractivity contribution in [1.82, 2.24) is 10.3 Å². The molecule has 2 saturated carbocycles. The molecule has 2 aliphatic rings. The molecule has 0 aliphatic heterocycles. The van der Waals surface area contributed by atoms with Crippen molar-refractivity contribution >= 4 is 0 Å². The van der Waals surface area contributed by atoms with E-state index in [2.05, 4.69) is 10.3 Å². The van der Waals surface area contributed by atoms with E-state index in [-0.39, 0.29) is 0 Å². The predicted molar refractivity (Wildman–Crippen MR) is 67.1 cm³/mol. The third-order valence-corrected chi connectivity index (χ3v) is 3.93. The van der Waals surface area contributed by atoms with Crippen LogP contribution < -0.4 is 5.32 Å². The Labute approximate surface area is 103 Å². The number of nitrogens with one attached hydrogen (secondary N) is 1. The van der Waals surface area contributed by atoms with Crippen LogP contribution in [0.4, 0.5) is 0 Å². The highest BCUT2D eigenvalue weighted by molar-refractivity contribution is 5.03. The average molecular weight is 234 g/mol. The Hall–Kier alpha value is -0.830. The number of hydrogen-bond acceptors (Lipinski definition) is 3. The molecule has 94 valence electrons. The first-order valence-corrected chi connectivity index (χ1v) is 7.10. The maximum absolute atomic E-state index is 5.87. The summed E-state index contributed by atoms with van der Waals surface area (Å²) in [6, 6.07) is 0.780. The van der Waals surface area contributed by atoms with E-state index < -0.39 is 0 Å². The van der Waals surface area contributed by atoms with Crippen molar-refractivity contribution < 1.29 is 4.42 Å². The minimum Gasteiger partial charge on any atom is -0.445 e. The maximum Gasteiger partial charge on any atom is 0.195 e. The number of rotatable bonds is 5. The van der Waals surface area contributed by atoms with Crippen molar-refractivity contribution in [2.75, 3.05) is 6.54 Å². The van der Waals surface area contributed by atoms with E-state index >= 15 is 0 Å². The van der Waals surface area contributed by atoms with Gasteiger partial charge in [0.25, 0.3) is 0 Å². The molecule has 3 nitrogen and oxygen atoms in total. The zero-order chi connectivity index (χ0) is 11.5. The first-order valence-electron chi connectivity index (χ1n) is 7.10. The van der Waals surface area contributed by atoms with Gasteiger partial charge < -0.3 is 9.73 Å². The standard InChI is InChI=1S/C14H22N2O/c1-2-4-11(5-3-1)13-10-16-14(17-13)8-9-15-12-6-7-12/h10-12,15H,1-9H2. The van der Waals surface area contributed by atoms with Gasteiger partial charge in [-0.15, -0.1) is 0 Å². The summed E-state index contributed by atoms with van der Waals surface area (Å²) in [6.45, 7) is 1.01. The van der Waals surface area contributed by atoms with E-state index in [0.717, 1.165) is 30.7 Å². The fourth-order valence-corrected chi connectivity index (χ4v) is 2.69. The zero-order valence-corrected chi connectivity index (χ0v) is 10.5. The van der Waals surface area contributed by atoms with Crippen LogP contribution in [-0.2, 0) is 6.42 Å². The van der Waals surface area contributed by atoms with Gasteiger partial charge in [0.2, 0.25) is 0 Å². The molecule has 0 aromatic carbocycles. The first-order chi connectivity index (χ1) is 8.42. The van der Waals surface area contributed by atoms with Crippen molar-refractivity contribution in [2.45, 2.75) is 63.3 Å².